The van der Waals surface area contributed by atoms with Crippen molar-refractivity contribution < 1.29 is 9.59 Å². The van der Waals surface area contributed by atoms with E-state index in [2.05, 4.69) is 15.6 Å². The van der Waals surface area contributed by atoms with Gasteiger partial charge in [0.05, 0.1) is 23.3 Å². The third-order valence-corrected chi connectivity index (χ3v) is 3.44. The van der Waals surface area contributed by atoms with Crippen molar-refractivity contribution in [2.75, 3.05) is 20.6 Å². The van der Waals surface area contributed by atoms with Gasteiger partial charge in [-0.05, 0) is 20.8 Å². The summed E-state index contributed by atoms with van der Waals surface area (Å²) in [4.78, 5) is 29.9. The minimum absolute atomic E-state index is 0.0382. The molecule has 0 unspecified atom stereocenters. The Labute approximate surface area is 117 Å². The van der Waals surface area contributed by atoms with E-state index in [1.54, 1.807) is 25.4 Å². The first-order valence-electron chi connectivity index (χ1n) is 5.99. The monoisotopic (exact) mass is 284 g/mol. The molecule has 0 aliphatic rings. The first kappa shape index (κ1) is 15.4. The van der Waals surface area contributed by atoms with Crippen LogP contribution in [0, 0.1) is 13.8 Å². The van der Waals surface area contributed by atoms with Crippen LogP contribution in [0.25, 0.3) is 0 Å². The van der Waals surface area contributed by atoms with Crippen LogP contribution in [0.15, 0.2) is 0 Å². The minimum atomic E-state index is -0.288. The molecule has 0 saturated carbocycles. The molecule has 1 aromatic heterocycles. The van der Waals surface area contributed by atoms with Crippen molar-refractivity contribution in [2.24, 2.45) is 0 Å². The number of hydrogen-bond donors (Lipinski definition) is 2. The molecule has 0 aliphatic heterocycles. The molecule has 106 valence electrons. The zero-order valence-electron chi connectivity index (χ0n) is 11.9. The smallest absolute Gasteiger partial charge is 0.317 e. The largest absolute Gasteiger partial charge is 0.346 e. The van der Waals surface area contributed by atoms with E-state index >= 15 is 0 Å². The molecule has 0 aliphatic carbocycles. The molecule has 0 saturated heterocycles. The lowest BCUT2D eigenvalue weighted by Gasteiger charge is -2.15. The van der Waals surface area contributed by atoms with Crippen LogP contribution in [0.4, 0.5) is 4.79 Å². The van der Waals surface area contributed by atoms with E-state index in [1.807, 2.05) is 20.8 Å². The fourth-order valence-electron chi connectivity index (χ4n) is 1.62. The van der Waals surface area contributed by atoms with Gasteiger partial charge >= 0.3 is 6.03 Å². The van der Waals surface area contributed by atoms with Crippen molar-refractivity contribution >= 4 is 23.3 Å². The Morgan fingerprint density at radius 2 is 2.00 bits per heavy atom. The number of carbonyl (C=O) groups is 2. The fourth-order valence-corrected chi connectivity index (χ4v) is 2.54. The maximum Gasteiger partial charge on any atom is 0.317 e. The van der Waals surface area contributed by atoms with Crippen LogP contribution in [0.3, 0.4) is 0 Å². The summed E-state index contributed by atoms with van der Waals surface area (Å²) in [5.41, 5.74) is 0.884. The zero-order chi connectivity index (χ0) is 14.6. The van der Waals surface area contributed by atoms with Crippen LogP contribution >= 0.6 is 11.3 Å². The number of rotatable bonds is 4. The van der Waals surface area contributed by atoms with Crippen molar-refractivity contribution in [1.29, 1.82) is 0 Å². The summed E-state index contributed by atoms with van der Waals surface area (Å²) in [6, 6.07) is -0.447. The quantitative estimate of drug-likeness (QED) is 0.872. The van der Waals surface area contributed by atoms with E-state index in [0.717, 1.165) is 15.6 Å². The lowest BCUT2D eigenvalue weighted by Crippen LogP contribution is -2.42. The van der Waals surface area contributed by atoms with Crippen molar-refractivity contribution in [1.82, 2.24) is 20.5 Å². The van der Waals surface area contributed by atoms with Gasteiger partial charge in [0, 0.05) is 19.0 Å². The van der Waals surface area contributed by atoms with Crippen molar-refractivity contribution in [2.45, 2.75) is 26.8 Å². The van der Waals surface area contributed by atoms with Gasteiger partial charge in [-0.25, -0.2) is 9.78 Å². The number of aromatic nitrogens is 1. The number of hydrogen-bond acceptors (Lipinski definition) is 4. The second-order valence-corrected chi connectivity index (χ2v) is 5.92. The summed E-state index contributed by atoms with van der Waals surface area (Å²) in [5, 5.41) is 6.31. The molecule has 0 bridgehead atoms. The summed E-state index contributed by atoms with van der Waals surface area (Å²) < 4.78 is 0. The fraction of sp³-hybridized carbons (Fsp3) is 0.583. The molecule has 0 spiro atoms. The Morgan fingerprint density at radius 3 is 2.47 bits per heavy atom. The molecule has 7 heteroatoms. The second-order valence-electron chi connectivity index (χ2n) is 4.52. The van der Waals surface area contributed by atoms with Gasteiger partial charge in [0.15, 0.2) is 0 Å². The summed E-state index contributed by atoms with van der Waals surface area (Å²) >= 11 is 1.61. The molecular formula is C12H20N4O2S. The van der Waals surface area contributed by atoms with Crippen LogP contribution in [-0.4, -0.2) is 42.5 Å². The summed E-state index contributed by atoms with van der Waals surface area (Å²) in [5.74, 6) is -0.229. The molecule has 0 radical (unpaired) electrons. The van der Waals surface area contributed by atoms with E-state index in [4.69, 9.17) is 0 Å². The molecule has 2 N–H and O–H groups in total. The Balaban J connectivity index is 2.48. The first-order valence-corrected chi connectivity index (χ1v) is 6.81. The lowest BCUT2D eigenvalue weighted by molar-refractivity contribution is -0.120. The Bertz CT molecular complexity index is 470. The number of amides is 3. The van der Waals surface area contributed by atoms with Gasteiger partial charge in [0.1, 0.15) is 0 Å². The SMILES string of the molecule is Cc1nc([C@H](C)NC(=O)CNC(=O)N(C)C)c(C)s1. The Morgan fingerprint density at radius 1 is 1.37 bits per heavy atom. The first-order chi connectivity index (χ1) is 8.81. The van der Waals surface area contributed by atoms with Crippen molar-refractivity contribution in [3.05, 3.63) is 15.6 Å². The topological polar surface area (TPSA) is 74.3 Å². The average Bonchev–Trinajstić information content (AvgIpc) is 2.65. The zero-order valence-corrected chi connectivity index (χ0v) is 12.7. The van der Waals surface area contributed by atoms with Gasteiger partial charge in [-0.3, -0.25) is 4.79 Å². The van der Waals surface area contributed by atoms with E-state index < -0.39 is 0 Å². The van der Waals surface area contributed by atoms with Gasteiger partial charge < -0.3 is 15.5 Å². The van der Waals surface area contributed by atoms with Crippen LogP contribution in [0.5, 0.6) is 0 Å². The molecule has 1 heterocycles. The number of urea groups is 1. The number of aryl methyl sites for hydroxylation is 2. The maximum absolute atomic E-state index is 11.7. The van der Waals surface area contributed by atoms with E-state index in [9.17, 15) is 9.59 Å². The van der Waals surface area contributed by atoms with E-state index in [0.29, 0.717) is 0 Å². The molecule has 19 heavy (non-hydrogen) atoms. The Hall–Kier alpha value is -1.63. The van der Waals surface area contributed by atoms with E-state index in [-0.39, 0.29) is 24.5 Å². The van der Waals surface area contributed by atoms with Crippen LogP contribution in [0.1, 0.15) is 28.5 Å². The van der Waals surface area contributed by atoms with Gasteiger partial charge in [-0.1, -0.05) is 0 Å². The second kappa shape index (κ2) is 6.51. The van der Waals surface area contributed by atoms with Gasteiger partial charge in [-0.15, -0.1) is 11.3 Å². The summed E-state index contributed by atoms with van der Waals surface area (Å²) in [7, 11) is 3.24. The summed E-state index contributed by atoms with van der Waals surface area (Å²) in [6.45, 7) is 5.76. The van der Waals surface area contributed by atoms with E-state index in [1.165, 1.54) is 4.90 Å². The molecule has 1 atom stereocenters. The number of nitrogens with zero attached hydrogens (tertiary/aromatic N) is 2. The highest BCUT2D eigenvalue weighted by atomic mass is 32.1. The molecular weight excluding hydrogens is 264 g/mol. The number of carbonyl (C=O) groups excluding carboxylic acids is 2. The lowest BCUT2D eigenvalue weighted by atomic mass is 10.2. The third-order valence-electron chi connectivity index (χ3n) is 2.53. The molecule has 1 aromatic rings. The predicted molar refractivity (Wildman–Crippen MR) is 75.2 cm³/mol. The van der Waals surface area contributed by atoms with Crippen LogP contribution < -0.4 is 10.6 Å². The maximum atomic E-state index is 11.7. The molecule has 6 nitrogen and oxygen atoms in total. The molecule has 3 amide bonds. The van der Waals surface area contributed by atoms with Gasteiger partial charge in [0.2, 0.25) is 5.91 Å². The predicted octanol–water partition coefficient (Wildman–Crippen LogP) is 1.21. The van der Waals surface area contributed by atoms with Gasteiger partial charge in [-0.2, -0.15) is 0 Å². The van der Waals surface area contributed by atoms with Crippen molar-refractivity contribution in [3.63, 3.8) is 0 Å². The standard InChI is InChI=1S/C12H20N4O2S/c1-7(11-8(2)19-9(3)15-11)14-10(17)6-13-12(18)16(4)5/h7H,6H2,1-5H3,(H,13,18)(H,14,17)/t7-/m0/s1. The number of thiazole rings is 1. The normalized spacial score (nSPS) is 11.8. The molecule has 0 aromatic carbocycles. The minimum Gasteiger partial charge on any atom is -0.346 e. The Kier molecular flexibility index (Phi) is 5.29. The average molecular weight is 284 g/mol. The third kappa shape index (κ3) is 4.51. The molecule has 0 fully saturated rings. The summed E-state index contributed by atoms with van der Waals surface area (Å²) in [6.07, 6.45) is 0. The van der Waals surface area contributed by atoms with Crippen molar-refractivity contribution in [3.8, 4) is 0 Å². The molecule has 1 rings (SSSR count). The highest BCUT2D eigenvalue weighted by Crippen LogP contribution is 2.22. The highest BCUT2D eigenvalue weighted by molar-refractivity contribution is 7.11. The highest BCUT2D eigenvalue weighted by Gasteiger charge is 2.16. The van der Waals surface area contributed by atoms with Gasteiger partial charge in [0.25, 0.3) is 0 Å². The van der Waals surface area contributed by atoms with Crippen LogP contribution in [0.2, 0.25) is 0 Å². The van der Waals surface area contributed by atoms with Crippen LogP contribution in [-0.2, 0) is 4.79 Å². The number of nitrogens with one attached hydrogen (secondary N) is 2.